The average Bonchev–Trinajstić information content (AvgIpc) is 3.03. The maximum atomic E-state index is 5.32. The van der Waals surface area contributed by atoms with Crippen molar-refractivity contribution < 1.29 is 4.74 Å². The molecule has 1 aromatic carbocycles. The molecular weight excluding hydrogens is 294 g/mol. The van der Waals surface area contributed by atoms with Crippen LogP contribution in [0.2, 0.25) is 0 Å². The summed E-state index contributed by atoms with van der Waals surface area (Å²) >= 11 is 2.06. The Bertz CT molecular complexity index is 499. The molecule has 22 heavy (non-hydrogen) atoms. The first-order valence-electron chi connectivity index (χ1n) is 7.99. The summed E-state index contributed by atoms with van der Waals surface area (Å²) in [6.07, 6.45) is 2.65. The van der Waals surface area contributed by atoms with E-state index < -0.39 is 0 Å². The van der Waals surface area contributed by atoms with Gasteiger partial charge in [-0.05, 0) is 55.7 Å². The molecule has 1 fully saturated rings. The maximum Gasteiger partial charge on any atom is 0.191 e. The Morgan fingerprint density at radius 3 is 2.91 bits per heavy atom. The summed E-state index contributed by atoms with van der Waals surface area (Å²) in [6.45, 7) is 6.70. The van der Waals surface area contributed by atoms with Crippen LogP contribution in [0.5, 0.6) is 5.75 Å². The monoisotopic (exact) mass is 321 g/mol. The predicted molar refractivity (Wildman–Crippen MR) is 96.0 cm³/mol. The molecule has 4 nitrogen and oxygen atoms in total. The Labute approximate surface area is 138 Å². The molecule has 0 radical (unpaired) electrons. The Kier molecular flexibility index (Phi) is 6.90. The molecule has 5 heteroatoms. The van der Waals surface area contributed by atoms with Gasteiger partial charge in [0.05, 0.1) is 13.7 Å². The van der Waals surface area contributed by atoms with Gasteiger partial charge in [-0.2, -0.15) is 11.8 Å². The molecular formula is C17H27N3OS. The molecule has 0 aromatic heterocycles. The number of hydrogen-bond acceptors (Lipinski definition) is 3. The van der Waals surface area contributed by atoms with Crippen LogP contribution in [0, 0.1) is 6.92 Å². The Morgan fingerprint density at radius 2 is 2.23 bits per heavy atom. The number of benzene rings is 1. The molecule has 2 N–H and O–H groups in total. The lowest BCUT2D eigenvalue weighted by molar-refractivity contribution is 0.414. The second-order valence-electron chi connectivity index (χ2n) is 5.57. The molecule has 0 amide bonds. The zero-order valence-electron chi connectivity index (χ0n) is 13.8. The highest BCUT2D eigenvalue weighted by Gasteiger charge is 2.15. The van der Waals surface area contributed by atoms with E-state index in [1.54, 1.807) is 7.11 Å². The van der Waals surface area contributed by atoms with E-state index >= 15 is 0 Å². The van der Waals surface area contributed by atoms with Crippen LogP contribution in [0.15, 0.2) is 23.2 Å². The zero-order chi connectivity index (χ0) is 15.8. The van der Waals surface area contributed by atoms with Crippen molar-refractivity contribution in [2.24, 2.45) is 4.99 Å². The van der Waals surface area contributed by atoms with Crippen LogP contribution >= 0.6 is 11.8 Å². The lowest BCUT2D eigenvalue weighted by Gasteiger charge is -2.14. The summed E-state index contributed by atoms with van der Waals surface area (Å²) in [5, 5.41) is 7.51. The van der Waals surface area contributed by atoms with Crippen molar-refractivity contribution in [2.75, 3.05) is 26.0 Å². The van der Waals surface area contributed by atoms with Crippen LogP contribution in [-0.2, 0) is 6.54 Å². The summed E-state index contributed by atoms with van der Waals surface area (Å²) in [6, 6.07) is 6.24. The number of aliphatic imine (C=N–C) groups is 1. The SMILES string of the molecule is CCNC(=NCc1cc(C)cc(OC)c1)NCC1CCCS1. The van der Waals surface area contributed by atoms with E-state index in [2.05, 4.69) is 42.3 Å². The number of ether oxygens (including phenoxy) is 1. The van der Waals surface area contributed by atoms with Crippen molar-refractivity contribution >= 4 is 17.7 Å². The van der Waals surface area contributed by atoms with E-state index in [0.29, 0.717) is 6.54 Å². The quantitative estimate of drug-likeness (QED) is 0.625. The third kappa shape index (κ3) is 5.44. The predicted octanol–water partition coefficient (Wildman–Crippen LogP) is 2.95. The maximum absolute atomic E-state index is 5.32. The summed E-state index contributed by atoms with van der Waals surface area (Å²) in [4.78, 5) is 4.69. The smallest absolute Gasteiger partial charge is 0.191 e. The molecule has 1 saturated heterocycles. The number of thioether (sulfide) groups is 1. The summed E-state index contributed by atoms with van der Waals surface area (Å²) in [7, 11) is 1.70. The van der Waals surface area contributed by atoms with Gasteiger partial charge in [0.2, 0.25) is 0 Å². The van der Waals surface area contributed by atoms with Gasteiger partial charge in [0.25, 0.3) is 0 Å². The number of nitrogens with zero attached hydrogens (tertiary/aromatic N) is 1. The number of nitrogens with one attached hydrogen (secondary N) is 2. The Morgan fingerprint density at radius 1 is 1.36 bits per heavy atom. The highest BCUT2D eigenvalue weighted by atomic mass is 32.2. The number of aryl methyl sites for hydroxylation is 1. The van der Waals surface area contributed by atoms with Gasteiger partial charge in [-0.25, -0.2) is 4.99 Å². The molecule has 0 bridgehead atoms. The minimum atomic E-state index is 0.658. The van der Waals surface area contributed by atoms with Crippen molar-refractivity contribution in [3.63, 3.8) is 0 Å². The zero-order valence-corrected chi connectivity index (χ0v) is 14.6. The minimum Gasteiger partial charge on any atom is -0.497 e. The van der Waals surface area contributed by atoms with E-state index in [1.165, 1.54) is 29.7 Å². The second-order valence-corrected chi connectivity index (χ2v) is 6.98. The van der Waals surface area contributed by atoms with Crippen molar-refractivity contribution in [2.45, 2.75) is 38.5 Å². The van der Waals surface area contributed by atoms with Gasteiger partial charge >= 0.3 is 0 Å². The lowest BCUT2D eigenvalue weighted by atomic mass is 10.1. The van der Waals surface area contributed by atoms with Crippen molar-refractivity contribution in [3.05, 3.63) is 29.3 Å². The lowest BCUT2D eigenvalue weighted by Crippen LogP contribution is -2.40. The van der Waals surface area contributed by atoms with Crippen molar-refractivity contribution in [1.29, 1.82) is 0 Å². The highest BCUT2D eigenvalue weighted by Crippen LogP contribution is 2.25. The standard InChI is InChI=1S/C17H27N3OS/c1-4-18-17(20-12-16-6-5-7-22-16)19-11-14-8-13(2)9-15(10-14)21-3/h8-10,16H,4-7,11-12H2,1-3H3,(H2,18,19,20). The fraction of sp³-hybridized carbons (Fsp3) is 0.588. The third-order valence-corrected chi connectivity index (χ3v) is 5.03. The molecule has 122 valence electrons. The fourth-order valence-corrected chi connectivity index (χ4v) is 3.76. The highest BCUT2D eigenvalue weighted by molar-refractivity contribution is 8.00. The molecule has 1 aromatic rings. The van der Waals surface area contributed by atoms with E-state index in [0.717, 1.165) is 30.0 Å². The van der Waals surface area contributed by atoms with Gasteiger partial charge < -0.3 is 15.4 Å². The molecule has 1 aliphatic rings. The number of methoxy groups -OCH3 is 1. The normalized spacial score (nSPS) is 18.3. The molecule has 0 spiro atoms. The van der Waals surface area contributed by atoms with Crippen LogP contribution in [0.25, 0.3) is 0 Å². The number of rotatable bonds is 6. The largest absolute Gasteiger partial charge is 0.497 e. The van der Waals surface area contributed by atoms with Crippen molar-refractivity contribution in [1.82, 2.24) is 10.6 Å². The van der Waals surface area contributed by atoms with Gasteiger partial charge in [0, 0.05) is 18.3 Å². The molecule has 2 rings (SSSR count). The topological polar surface area (TPSA) is 45.7 Å². The van der Waals surface area contributed by atoms with Crippen LogP contribution in [0.1, 0.15) is 30.9 Å². The van der Waals surface area contributed by atoms with E-state index in [4.69, 9.17) is 9.73 Å². The summed E-state index contributed by atoms with van der Waals surface area (Å²) in [5.41, 5.74) is 2.37. The van der Waals surface area contributed by atoms with Gasteiger partial charge in [-0.15, -0.1) is 0 Å². The van der Waals surface area contributed by atoms with Crippen LogP contribution in [0.3, 0.4) is 0 Å². The van der Waals surface area contributed by atoms with E-state index in [9.17, 15) is 0 Å². The first-order chi connectivity index (χ1) is 10.7. The van der Waals surface area contributed by atoms with Gasteiger partial charge in [0.15, 0.2) is 5.96 Å². The third-order valence-electron chi connectivity index (χ3n) is 3.63. The Balaban J connectivity index is 1.94. The summed E-state index contributed by atoms with van der Waals surface area (Å²) < 4.78 is 5.32. The first kappa shape index (κ1) is 17.0. The minimum absolute atomic E-state index is 0.658. The fourth-order valence-electron chi connectivity index (χ4n) is 2.56. The molecule has 0 saturated carbocycles. The van der Waals surface area contributed by atoms with Crippen LogP contribution < -0.4 is 15.4 Å². The second kappa shape index (κ2) is 8.93. The average molecular weight is 321 g/mol. The van der Waals surface area contributed by atoms with Crippen LogP contribution in [0.4, 0.5) is 0 Å². The van der Waals surface area contributed by atoms with E-state index in [1.807, 2.05) is 12.1 Å². The molecule has 1 unspecified atom stereocenters. The van der Waals surface area contributed by atoms with Gasteiger partial charge in [0.1, 0.15) is 5.75 Å². The van der Waals surface area contributed by atoms with Crippen LogP contribution in [-0.4, -0.2) is 37.2 Å². The van der Waals surface area contributed by atoms with Crippen molar-refractivity contribution in [3.8, 4) is 5.75 Å². The Hall–Kier alpha value is -1.36. The number of hydrogen-bond donors (Lipinski definition) is 2. The van der Waals surface area contributed by atoms with Gasteiger partial charge in [-0.3, -0.25) is 0 Å². The molecule has 1 aliphatic heterocycles. The molecule has 0 aliphatic carbocycles. The summed E-state index contributed by atoms with van der Waals surface area (Å²) in [5.74, 6) is 3.09. The molecule has 1 heterocycles. The number of guanidine groups is 1. The first-order valence-corrected chi connectivity index (χ1v) is 9.04. The van der Waals surface area contributed by atoms with E-state index in [-0.39, 0.29) is 0 Å². The van der Waals surface area contributed by atoms with Gasteiger partial charge in [-0.1, -0.05) is 6.07 Å². The molecule has 1 atom stereocenters.